The van der Waals surface area contributed by atoms with Crippen molar-refractivity contribution in [1.29, 1.82) is 0 Å². The van der Waals surface area contributed by atoms with Crippen molar-refractivity contribution in [2.45, 2.75) is 51.9 Å². The van der Waals surface area contributed by atoms with Gasteiger partial charge in [0.2, 0.25) is 12.7 Å². The molecule has 0 spiro atoms. The monoisotopic (exact) mass is 382 g/mol. The van der Waals surface area contributed by atoms with Gasteiger partial charge in [-0.2, -0.15) is 5.10 Å². The lowest BCUT2D eigenvalue weighted by Gasteiger charge is -2.02. The van der Waals surface area contributed by atoms with Gasteiger partial charge in [0.15, 0.2) is 11.5 Å². The Morgan fingerprint density at radius 2 is 1.91 bits per heavy atom. The Labute approximate surface area is 145 Å². The molecule has 126 valence electrons. The van der Waals surface area contributed by atoms with Crippen LogP contribution in [0.4, 0.5) is 0 Å². The van der Waals surface area contributed by atoms with Crippen molar-refractivity contribution in [3.05, 3.63) is 22.2 Å². The zero-order valence-corrected chi connectivity index (χ0v) is 15.0. The summed E-state index contributed by atoms with van der Waals surface area (Å²) in [5, 5.41) is 4.01. The van der Waals surface area contributed by atoms with Gasteiger partial charge in [0.05, 0.1) is 6.21 Å². The fraction of sp³-hybridized carbons (Fsp3) is 0.529. The van der Waals surface area contributed by atoms with Gasteiger partial charge in [-0.1, -0.05) is 39.0 Å². The third kappa shape index (κ3) is 5.86. The van der Waals surface area contributed by atoms with Gasteiger partial charge in [0.25, 0.3) is 0 Å². The number of ether oxygens (including phenoxy) is 2. The molecule has 1 aliphatic rings. The Morgan fingerprint density at radius 3 is 2.70 bits per heavy atom. The van der Waals surface area contributed by atoms with Crippen LogP contribution in [0.5, 0.6) is 11.5 Å². The molecule has 23 heavy (non-hydrogen) atoms. The first kappa shape index (κ1) is 17.8. The maximum atomic E-state index is 11.7. The van der Waals surface area contributed by atoms with Crippen molar-refractivity contribution in [3.63, 3.8) is 0 Å². The van der Waals surface area contributed by atoms with Gasteiger partial charge >= 0.3 is 0 Å². The average Bonchev–Trinajstić information content (AvgIpc) is 2.98. The number of hydrazone groups is 1. The Balaban J connectivity index is 1.71. The van der Waals surface area contributed by atoms with E-state index in [0.29, 0.717) is 17.9 Å². The maximum absolute atomic E-state index is 11.7. The summed E-state index contributed by atoms with van der Waals surface area (Å²) in [6.07, 6.45) is 9.12. The smallest absolute Gasteiger partial charge is 0.240 e. The molecule has 0 bridgehead atoms. The molecule has 0 fully saturated rings. The van der Waals surface area contributed by atoms with E-state index in [0.717, 1.165) is 22.9 Å². The van der Waals surface area contributed by atoms with Gasteiger partial charge in [-0.25, -0.2) is 5.43 Å². The predicted molar refractivity (Wildman–Crippen MR) is 94.0 cm³/mol. The summed E-state index contributed by atoms with van der Waals surface area (Å²) in [7, 11) is 0. The van der Waals surface area contributed by atoms with Crippen molar-refractivity contribution < 1.29 is 14.3 Å². The molecular formula is C17H23BrN2O3. The predicted octanol–water partition coefficient (Wildman–Crippen LogP) is 4.38. The second-order valence-corrected chi connectivity index (χ2v) is 6.39. The quantitative estimate of drug-likeness (QED) is 0.391. The number of unbranched alkanes of at least 4 members (excludes halogenated alkanes) is 5. The zero-order chi connectivity index (χ0) is 16.5. The minimum Gasteiger partial charge on any atom is -0.454 e. The minimum absolute atomic E-state index is 0.0476. The summed E-state index contributed by atoms with van der Waals surface area (Å²) < 4.78 is 11.5. The summed E-state index contributed by atoms with van der Waals surface area (Å²) in [5.41, 5.74) is 3.39. The fourth-order valence-electron chi connectivity index (χ4n) is 2.33. The highest BCUT2D eigenvalue weighted by molar-refractivity contribution is 9.10. The number of rotatable bonds is 9. The Morgan fingerprint density at radius 1 is 1.22 bits per heavy atom. The number of hydrogen-bond donors (Lipinski definition) is 1. The molecule has 0 unspecified atom stereocenters. The second kappa shape index (κ2) is 9.55. The van der Waals surface area contributed by atoms with E-state index >= 15 is 0 Å². The molecule has 0 saturated heterocycles. The molecule has 5 nitrogen and oxygen atoms in total. The van der Waals surface area contributed by atoms with Crippen LogP contribution < -0.4 is 14.9 Å². The van der Waals surface area contributed by atoms with Crippen molar-refractivity contribution in [1.82, 2.24) is 5.43 Å². The first-order valence-corrected chi connectivity index (χ1v) is 8.91. The summed E-state index contributed by atoms with van der Waals surface area (Å²) >= 11 is 3.45. The van der Waals surface area contributed by atoms with E-state index in [1.165, 1.54) is 25.7 Å². The average molecular weight is 383 g/mol. The molecule has 0 aromatic heterocycles. The number of fused-ring (bicyclic) bond motifs is 1. The number of benzene rings is 1. The van der Waals surface area contributed by atoms with Crippen molar-refractivity contribution in [2.24, 2.45) is 5.10 Å². The number of nitrogens with zero attached hydrogens (tertiary/aromatic N) is 1. The van der Waals surface area contributed by atoms with Crippen LogP contribution in [0.25, 0.3) is 0 Å². The standard InChI is InChI=1S/C17H23BrN2O3/c1-2-3-4-5-6-7-8-17(21)20-19-11-13-9-15-16(10-14(13)18)23-12-22-15/h9-11H,2-8,12H2,1H3,(H,20,21). The number of halogens is 1. The molecule has 0 aliphatic carbocycles. The molecule has 1 aromatic rings. The first-order chi connectivity index (χ1) is 11.2. The summed E-state index contributed by atoms with van der Waals surface area (Å²) in [5.74, 6) is 1.35. The van der Waals surface area contributed by atoms with E-state index in [1.54, 1.807) is 6.21 Å². The van der Waals surface area contributed by atoms with Crippen LogP contribution in [0.3, 0.4) is 0 Å². The maximum Gasteiger partial charge on any atom is 0.240 e. The summed E-state index contributed by atoms with van der Waals surface area (Å²) in [6, 6.07) is 3.66. The second-order valence-electron chi connectivity index (χ2n) is 5.54. The summed E-state index contributed by atoms with van der Waals surface area (Å²) in [6.45, 7) is 2.43. The first-order valence-electron chi connectivity index (χ1n) is 8.11. The third-order valence-electron chi connectivity index (χ3n) is 3.64. The largest absolute Gasteiger partial charge is 0.454 e. The fourth-order valence-corrected chi connectivity index (χ4v) is 2.75. The van der Waals surface area contributed by atoms with Crippen LogP contribution in [0, 0.1) is 0 Å². The number of carbonyl (C=O) groups excluding carboxylic acids is 1. The highest BCUT2D eigenvalue weighted by atomic mass is 79.9. The van der Waals surface area contributed by atoms with E-state index in [2.05, 4.69) is 33.4 Å². The van der Waals surface area contributed by atoms with Crippen molar-refractivity contribution >= 4 is 28.1 Å². The molecule has 0 atom stereocenters. The zero-order valence-electron chi connectivity index (χ0n) is 13.4. The molecule has 1 amide bonds. The van der Waals surface area contributed by atoms with Gasteiger partial charge < -0.3 is 9.47 Å². The Hall–Kier alpha value is -1.56. The Kier molecular flexibility index (Phi) is 7.39. The molecule has 1 N–H and O–H groups in total. The van der Waals surface area contributed by atoms with Crippen LogP contribution in [-0.2, 0) is 4.79 Å². The number of hydrogen-bond acceptors (Lipinski definition) is 4. The number of amides is 1. The highest BCUT2D eigenvalue weighted by Crippen LogP contribution is 2.36. The van der Waals surface area contributed by atoms with Gasteiger partial charge in [-0.15, -0.1) is 0 Å². The molecule has 1 aliphatic heterocycles. The van der Waals surface area contributed by atoms with E-state index in [-0.39, 0.29) is 12.7 Å². The summed E-state index contributed by atoms with van der Waals surface area (Å²) in [4.78, 5) is 11.7. The third-order valence-corrected chi connectivity index (χ3v) is 4.33. The molecule has 0 radical (unpaired) electrons. The topological polar surface area (TPSA) is 59.9 Å². The normalized spacial score (nSPS) is 12.8. The molecule has 1 heterocycles. The van der Waals surface area contributed by atoms with E-state index < -0.39 is 0 Å². The van der Waals surface area contributed by atoms with Gasteiger partial charge in [0.1, 0.15) is 0 Å². The molecule has 6 heteroatoms. The minimum atomic E-state index is -0.0476. The lowest BCUT2D eigenvalue weighted by molar-refractivity contribution is -0.121. The highest BCUT2D eigenvalue weighted by Gasteiger charge is 2.15. The van der Waals surface area contributed by atoms with Crippen LogP contribution in [-0.4, -0.2) is 18.9 Å². The van der Waals surface area contributed by atoms with Crippen molar-refractivity contribution in [3.8, 4) is 11.5 Å². The molecule has 0 saturated carbocycles. The lowest BCUT2D eigenvalue weighted by atomic mass is 10.1. The van der Waals surface area contributed by atoms with Crippen LogP contribution >= 0.6 is 15.9 Å². The van der Waals surface area contributed by atoms with Crippen LogP contribution in [0.2, 0.25) is 0 Å². The van der Waals surface area contributed by atoms with Crippen LogP contribution in [0.15, 0.2) is 21.7 Å². The van der Waals surface area contributed by atoms with E-state index in [9.17, 15) is 4.79 Å². The number of carbonyl (C=O) groups is 1. The van der Waals surface area contributed by atoms with Crippen molar-refractivity contribution in [2.75, 3.05) is 6.79 Å². The van der Waals surface area contributed by atoms with Gasteiger partial charge in [-0.05, 0) is 34.5 Å². The van der Waals surface area contributed by atoms with Gasteiger partial charge in [-0.3, -0.25) is 4.79 Å². The lowest BCUT2D eigenvalue weighted by Crippen LogP contribution is -2.16. The molecular weight excluding hydrogens is 360 g/mol. The SMILES string of the molecule is CCCCCCCCC(=O)NN=Cc1cc2c(cc1Br)OCO2. The van der Waals surface area contributed by atoms with E-state index in [4.69, 9.17) is 9.47 Å². The molecule has 1 aromatic carbocycles. The molecule has 2 rings (SSSR count). The van der Waals surface area contributed by atoms with Crippen LogP contribution in [0.1, 0.15) is 57.4 Å². The Bertz CT molecular complexity index is 561. The van der Waals surface area contributed by atoms with Gasteiger partial charge in [0, 0.05) is 16.5 Å². The number of nitrogens with one attached hydrogen (secondary N) is 1. The van der Waals surface area contributed by atoms with E-state index in [1.807, 2.05) is 12.1 Å².